The summed E-state index contributed by atoms with van der Waals surface area (Å²) < 4.78 is 0. The van der Waals surface area contributed by atoms with Crippen LogP contribution in [0.3, 0.4) is 0 Å². The monoisotopic (exact) mass is 166 g/mol. The molecule has 4 N–H and O–H groups in total. The van der Waals surface area contributed by atoms with Gasteiger partial charge in [-0.1, -0.05) is 0 Å². The van der Waals surface area contributed by atoms with Crippen LogP contribution in [0.4, 0.5) is 11.5 Å². The first-order valence-electron chi connectivity index (χ1n) is 3.93. The highest BCUT2D eigenvalue weighted by molar-refractivity contribution is 5.43. The Hall–Kier alpha value is -1.29. The summed E-state index contributed by atoms with van der Waals surface area (Å²) in [4.78, 5) is 4.09. The van der Waals surface area contributed by atoms with E-state index in [0.29, 0.717) is 5.69 Å². The van der Waals surface area contributed by atoms with Crippen LogP contribution in [0.25, 0.3) is 0 Å². The number of hydrogen-bond acceptors (Lipinski definition) is 4. The number of anilines is 2. The molecule has 0 aliphatic rings. The predicted molar refractivity (Wildman–Crippen MR) is 51.1 cm³/mol. The van der Waals surface area contributed by atoms with E-state index in [4.69, 9.17) is 5.73 Å². The maximum absolute atomic E-state index is 5.48. The molecule has 1 heterocycles. The van der Waals surface area contributed by atoms with Crippen LogP contribution < -0.4 is 16.4 Å². The molecule has 0 radical (unpaired) electrons. The number of nitrogen functional groups attached to an aromatic ring is 1. The minimum atomic E-state index is 0.689. The fourth-order valence-electron chi connectivity index (χ4n) is 0.825. The summed E-state index contributed by atoms with van der Waals surface area (Å²) in [5.41, 5.74) is 6.17. The molecule has 0 bridgehead atoms. The van der Waals surface area contributed by atoms with Gasteiger partial charge in [-0.05, 0) is 19.2 Å². The Labute approximate surface area is 72.2 Å². The minimum absolute atomic E-state index is 0.689. The Morgan fingerprint density at radius 2 is 2.25 bits per heavy atom. The van der Waals surface area contributed by atoms with Crippen molar-refractivity contribution in [2.24, 2.45) is 0 Å². The summed E-state index contributed by atoms with van der Waals surface area (Å²) in [7, 11) is 1.91. The first kappa shape index (κ1) is 8.80. The number of aromatic nitrogens is 1. The minimum Gasteiger partial charge on any atom is -0.397 e. The van der Waals surface area contributed by atoms with Crippen LogP contribution in [-0.4, -0.2) is 25.1 Å². The zero-order chi connectivity index (χ0) is 8.81. The highest BCUT2D eigenvalue weighted by Crippen LogP contribution is 2.04. The van der Waals surface area contributed by atoms with Gasteiger partial charge in [-0.2, -0.15) is 0 Å². The van der Waals surface area contributed by atoms with Crippen molar-refractivity contribution in [2.45, 2.75) is 0 Å². The number of nitrogens with two attached hydrogens (primary N) is 1. The summed E-state index contributed by atoms with van der Waals surface area (Å²) >= 11 is 0. The van der Waals surface area contributed by atoms with Gasteiger partial charge in [-0.25, -0.2) is 4.98 Å². The molecule has 1 aromatic heterocycles. The zero-order valence-corrected chi connectivity index (χ0v) is 7.17. The third-order valence-corrected chi connectivity index (χ3v) is 1.47. The summed E-state index contributed by atoms with van der Waals surface area (Å²) in [6, 6.07) is 3.69. The molecular formula is C8H14N4. The van der Waals surface area contributed by atoms with Gasteiger partial charge in [0.15, 0.2) is 0 Å². The average molecular weight is 166 g/mol. The fraction of sp³-hybridized carbons (Fsp3) is 0.375. The van der Waals surface area contributed by atoms with Crippen LogP contribution in [-0.2, 0) is 0 Å². The lowest BCUT2D eigenvalue weighted by molar-refractivity contribution is 0.821. The van der Waals surface area contributed by atoms with Crippen LogP contribution in [0, 0.1) is 0 Å². The summed E-state index contributed by atoms with van der Waals surface area (Å²) in [5.74, 6) is 0.861. The van der Waals surface area contributed by atoms with Crippen molar-refractivity contribution in [2.75, 3.05) is 31.2 Å². The maximum atomic E-state index is 5.48. The lowest BCUT2D eigenvalue weighted by atomic mass is 10.4. The highest BCUT2D eigenvalue weighted by atomic mass is 15.0. The molecule has 0 saturated heterocycles. The van der Waals surface area contributed by atoms with Gasteiger partial charge in [0.25, 0.3) is 0 Å². The number of pyridine rings is 1. The Kier molecular flexibility index (Phi) is 3.35. The SMILES string of the molecule is CNCCNc1ccc(N)cn1. The molecule has 0 fully saturated rings. The van der Waals surface area contributed by atoms with E-state index >= 15 is 0 Å². The van der Waals surface area contributed by atoms with Gasteiger partial charge in [0.2, 0.25) is 0 Å². The number of nitrogens with zero attached hydrogens (tertiary/aromatic N) is 1. The van der Waals surface area contributed by atoms with E-state index in [9.17, 15) is 0 Å². The Bertz CT molecular complexity index is 219. The lowest BCUT2D eigenvalue weighted by Crippen LogP contribution is -2.18. The number of likely N-dealkylation sites (N-methyl/N-ethyl adjacent to an activating group) is 1. The van der Waals surface area contributed by atoms with Crippen LogP contribution >= 0.6 is 0 Å². The molecule has 0 aromatic carbocycles. The Morgan fingerprint density at radius 1 is 1.42 bits per heavy atom. The van der Waals surface area contributed by atoms with E-state index in [1.807, 2.05) is 19.2 Å². The molecule has 0 atom stereocenters. The van der Waals surface area contributed by atoms with Gasteiger partial charge in [-0.15, -0.1) is 0 Å². The van der Waals surface area contributed by atoms with Crippen LogP contribution in [0.2, 0.25) is 0 Å². The van der Waals surface area contributed by atoms with Crippen LogP contribution in [0.15, 0.2) is 18.3 Å². The van der Waals surface area contributed by atoms with E-state index in [2.05, 4.69) is 15.6 Å². The van der Waals surface area contributed by atoms with Gasteiger partial charge in [0, 0.05) is 13.1 Å². The second kappa shape index (κ2) is 4.56. The number of hydrogen-bond donors (Lipinski definition) is 3. The van der Waals surface area contributed by atoms with Crippen molar-refractivity contribution in [3.8, 4) is 0 Å². The van der Waals surface area contributed by atoms with E-state index in [1.54, 1.807) is 6.20 Å². The molecular weight excluding hydrogens is 152 g/mol. The first-order valence-corrected chi connectivity index (χ1v) is 3.93. The van der Waals surface area contributed by atoms with Crippen molar-refractivity contribution in [1.29, 1.82) is 0 Å². The van der Waals surface area contributed by atoms with Crippen molar-refractivity contribution in [3.05, 3.63) is 18.3 Å². The van der Waals surface area contributed by atoms with E-state index in [-0.39, 0.29) is 0 Å². The summed E-state index contributed by atoms with van der Waals surface area (Å²) in [5, 5.41) is 6.18. The van der Waals surface area contributed by atoms with Gasteiger partial charge >= 0.3 is 0 Å². The van der Waals surface area contributed by atoms with Crippen molar-refractivity contribution < 1.29 is 0 Å². The third-order valence-electron chi connectivity index (χ3n) is 1.47. The predicted octanol–water partition coefficient (Wildman–Crippen LogP) is 0.295. The maximum Gasteiger partial charge on any atom is 0.126 e. The molecule has 0 unspecified atom stereocenters. The molecule has 1 rings (SSSR count). The summed E-state index contributed by atoms with van der Waals surface area (Å²) in [6.07, 6.45) is 1.64. The van der Waals surface area contributed by atoms with Crippen LogP contribution in [0.1, 0.15) is 0 Å². The van der Waals surface area contributed by atoms with Gasteiger partial charge in [0.05, 0.1) is 11.9 Å². The standard InChI is InChI=1S/C8H14N4/c1-10-4-5-11-8-3-2-7(9)6-12-8/h2-3,6,10H,4-5,9H2,1H3,(H,11,12). The van der Waals surface area contributed by atoms with Gasteiger partial charge < -0.3 is 16.4 Å². The largest absolute Gasteiger partial charge is 0.397 e. The Morgan fingerprint density at radius 3 is 2.83 bits per heavy atom. The topological polar surface area (TPSA) is 63.0 Å². The molecule has 0 aliphatic carbocycles. The van der Waals surface area contributed by atoms with E-state index < -0.39 is 0 Å². The molecule has 0 aliphatic heterocycles. The quantitative estimate of drug-likeness (QED) is 0.563. The van der Waals surface area contributed by atoms with Gasteiger partial charge in [-0.3, -0.25) is 0 Å². The third kappa shape index (κ3) is 2.75. The highest BCUT2D eigenvalue weighted by Gasteiger charge is 1.90. The second-order valence-electron chi connectivity index (χ2n) is 2.51. The fourth-order valence-corrected chi connectivity index (χ4v) is 0.825. The van der Waals surface area contributed by atoms with Crippen molar-refractivity contribution >= 4 is 11.5 Å². The van der Waals surface area contributed by atoms with Gasteiger partial charge in [0.1, 0.15) is 5.82 Å². The molecule has 1 aromatic rings. The van der Waals surface area contributed by atoms with E-state index in [1.165, 1.54) is 0 Å². The van der Waals surface area contributed by atoms with Crippen molar-refractivity contribution in [3.63, 3.8) is 0 Å². The molecule has 0 saturated carbocycles. The molecule has 0 spiro atoms. The van der Waals surface area contributed by atoms with E-state index in [0.717, 1.165) is 18.9 Å². The molecule has 4 heteroatoms. The average Bonchev–Trinajstić information content (AvgIpc) is 2.09. The first-order chi connectivity index (χ1) is 5.83. The smallest absolute Gasteiger partial charge is 0.126 e. The number of nitrogens with one attached hydrogen (secondary N) is 2. The lowest BCUT2D eigenvalue weighted by Gasteiger charge is -2.04. The van der Waals surface area contributed by atoms with Crippen LogP contribution in [0.5, 0.6) is 0 Å². The summed E-state index contributed by atoms with van der Waals surface area (Å²) in [6.45, 7) is 1.79. The molecule has 12 heavy (non-hydrogen) atoms. The molecule has 0 amide bonds. The normalized spacial score (nSPS) is 9.75. The number of rotatable bonds is 4. The van der Waals surface area contributed by atoms with Crippen molar-refractivity contribution in [1.82, 2.24) is 10.3 Å². The Balaban J connectivity index is 2.37. The molecule has 4 nitrogen and oxygen atoms in total. The zero-order valence-electron chi connectivity index (χ0n) is 7.17. The second-order valence-corrected chi connectivity index (χ2v) is 2.51. The molecule has 66 valence electrons.